The van der Waals surface area contributed by atoms with E-state index in [1.807, 2.05) is 0 Å². The Balaban J connectivity index is 1.54. The largest absolute Gasteiger partial charge is 0.478 e. The first-order chi connectivity index (χ1) is 16.8. The Morgan fingerprint density at radius 3 is 1.06 bits per heavy atom. The van der Waals surface area contributed by atoms with Crippen molar-refractivity contribution in [1.82, 2.24) is 0 Å². The molecule has 0 spiro atoms. The molecule has 0 aromatic heterocycles. The van der Waals surface area contributed by atoms with Gasteiger partial charge in [-0.15, -0.1) is 0 Å². The normalized spacial score (nSPS) is 10.4. The van der Waals surface area contributed by atoms with Gasteiger partial charge in [0.1, 0.15) is 0 Å². The summed E-state index contributed by atoms with van der Waals surface area (Å²) in [6.07, 6.45) is 0. The molecule has 0 aliphatic heterocycles. The maximum absolute atomic E-state index is 12.7. The molecule has 4 aromatic rings. The zero-order valence-electron chi connectivity index (χ0n) is 18.2. The minimum absolute atomic E-state index is 0.111. The van der Waals surface area contributed by atoms with Crippen LogP contribution in [0.25, 0.3) is 22.3 Å². The van der Waals surface area contributed by atoms with E-state index < -0.39 is 23.9 Å². The fraction of sp³-hybridized carbons (Fsp3) is 0. The van der Waals surface area contributed by atoms with Crippen molar-refractivity contribution in [3.8, 4) is 22.3 Å². The zero-order valence-corrected chi connectivity index (χ0v) is 18.2. The van der Waals surface area contributed by atoms with E-state index in [1.54, 1.807) is 48.5 Å². The topological polar surface area (TPSA) is 118 Å². The van der Waals surface area contributed by atoms with Crippen LogP contribution in [0.1, 0.15) is 41.4 Å². The van der Waals surface area contributed by atoms with Crippen LogP contribution >= 0.6 is 0 Å². The van der Waals surface area contributed by atoms with E-state index in [0.29, 0.717) is 22.3 Å². The van der Waals surface area contributed by atoms with Gasteiger partial charge in [-0.3, -0.25) is 0 Å². The van der Waals surface area contributed by atoms with E-state index in [4.69, 9.17) is 4.74 Å². The lowest BCUT2D eigenvalue weighted by Crippen LogP contribution is -2.13. The quantitative estimate of drug-likeness (QED) is 0.288. The molecule has 0 bridgehead atoms. The highest BCUT2D eigenvalue weighted by Gasteiger charge is 2.17. The van der Waals surface area contributed by atoms with Crippen LogP contribution in [0.2, 0.25) is 0 Å². The van der Waals surface area contributed by atoms with Gasteiger partial charge in [-0.05, 0) is 70.8 Å². The molecule has 172 valence electrons. The van der Waals surface area contributed by atoms with E-state index in [1.165, 1.54) is 48.5 Å². The molecule has 4 aromatic carbocycles. The Morgan fingerprint density at radius 1 is 0.457 bits per heavy atom. The van der Waals surface area contributed by atoms with Crippen molar-refractivity contribution < 1.29 is 34.1 Å². The molecule has 0 atom stereocenters. The first kappa shape index (κ1) is 23.1. The number of ether oxygens (including phenoxy) is 1. The molecule has 0 fully saturated rings. The fourth-order valence-corrected chi connectivity index (χ4v) is 3.52. The number of hydrogen-bond acceptors (Lipinski definition) is 5. The molecule has 35 heavy (non-hydrogen) atoms. The van der Waals surface area contributed by atoms with E-state index in [-0.39, 0.29) is 22.3 Å². The zero-order chi connectivity index (χ0) is 24.9. The van der Waals surface area contributed by atoms with Crippen molar-refractivity contribution in [3.63, 3.8) is 0 Å². The van der Waals surface area contributed by atoms with Crippen LogP contribution in [0, 0.1) is 0 Å². The molecule has 0 saturated heterocycles. The molecule has 0 heterocycles. The molecule has 7 nitrogen and oxygen atoms in total. The summed E-state index contributed by atoms with van der Waals surface area (Å²) in [5.41, 5.74) is 2.86. The minimum atomic E-state index is -1.06. The summed E-state index contributed by atoms with van der Waals surface area (Å²) in [6.45, 7) is 0. The average molecular weight is 466 g/mol. The summed E-state index contributed by atoms with van der Waals surface area (Å²) < 4.78 is 5.06. The third-order valence-corrected chi connectivity index (χ3v) is 5.27. The predicted octanol–water partition coefficient (Wildman–Crippen LogP) is 5.41. The SMILES string of the molecule is O=C(O)c1cccc(-c2cccc(C(=O)OC(=O)c3cccc(-c4cccc(C(=O)O)c4)c3)c2)c1. The molecular weight excluding hydrogens is 448 g/mol. The summed E-state index contributed by atoms with van der Waals surface area (Å²) >= 11 is 0. The average Bonchev–Trinajstić information content (AvgIpc) is 2.89. The van der Waals surface area contributed by atoms with E-state index in [0.717, 1.165) is 0 Å². The maximum Gasteiger partial charge on any atom is 0.346 e. The Labute approximate surface area is 199 Å². The van der Waals surface area contributed by atoms with Crippen molar-refractivity contribution in [1.29, 1.82) is 0 Å². The van der Waals surface area contributed by atoms with Gasteiger partial charge in [0.2, 0.25) is 0 Å². The lowest BCUT2D eigenvalue weighted by molar-refractivity contribution is 0.0396. The minimum Gasteiger partial charge on any atom is -0.478 e. The molecule has 2 N–H and O–H groups in total. The number of aromatic carboxylic acids is 2. The van der Waals surface area contributed by atoms with Crippen LogP contribution in [0.4, 0.5) is 0 Å². The Bertz CT molecular complexity index is 1360. The van der Waals surface area contributed by atoms with Crippen molar-refractivity contribution >= 4 is 23.9 Å². The van der Waals surface area contributed by atoms with Gasteiger partial charge in [-0.1, -0.05) is 48.5 Å². The highest BCUT2D eigenvalue weighted by Crippen LogP contribution is 2.24. The number of benzene rings is 4. The Kier molecular flexibility index (Phi) is 6.50. The van der Waals surface area contributed by atoms with Gasteiger partial charge >= 0.3 is 23.9 Å². The highest BCUT2D eigenvalue weighted by atomic mass is 16.6. The molecule has 0 radical (unpaired) electrons. The van der Waals surface area contributed by atoms with Crippen LogP contribution in [-0.2, 0) is 4.74 Å². The van der Waals surface area contributed by atoms with Gasteiger partial charge in [0.15, 0.2) is 0 Å². The predicted molar refractivity (Wildman–Crippen MR) is 127 cm³/mol. The van der Waals surface area contributed by atoms with Gasteiger partial charge in [-0.2, -0.15) is 0 Å². The first-order valence-electron chi connectivity index (χ1n) is 10.5. The second-order valence-corrected chi connectivity index (χ2v) is 7.61. The molecule has 0 saturated carbocycles. The van der Waals surface area contributed by atoms with E-state index >= 15 is 0 Å². The number of carboxylic acids is 2. The van der Waals surface area contributed by atoms with Gasteiger partial charge in [0.05, 0.1) is 22.3 Å². The molecule has 7 heteroatoms. The van der Waals surface area contributed by atoms with Crippen molar-refractivity contribution in [2.24, 2.45) is 0 Å². The number of esters is 2. The molecule has 4 rings (SSSR count). The van der Waals surface area contributed by atoms with Crippen LogP contribution in [0.15, 0.2) is 97.1 Å². The number of carbonyl (C=O) groups excluding carboxylic acids is 2. The van der Waals surface area contributed by atoms with Crippen molar-refractivity contribution in [2.45, 2.75) is 0 Å². The summed E-state index contributed by atoms with van der Waals surface area (Å²) in [4.78, 5) is 47.8. The summed E-state index contributed by atoms with van der Waals surface area (Å²) in [5, 5.41) is 18.4. The summed E-state index contributed by atoms with van der Waals surface area (Å²) in [5.74, 6) is -3.84. The van der Waals surface area contributed by atoms with Crippen LogP contribution in [-0.4, -0.2) is 34.1 Å². The van der Waals surface area contributed by atoms with E-state index in [2.05, 4.69) is 0 Å². The van der Waals surface area contributed by atoms with Gasteiger partial charge in [0, 0.05) is 0 Å². The fourth-order valence-electron chi connectivity index (χ4n) is 3.52. The Morgan fingerprint density at radius 2 is 0.743 bits per heavy atom. The third-order valence-electron chi connectivity index (χ3n) is 5.27. The Hall–Kier alpha value is -5.04. The second-order valence-electron chi connectivity index (χ2n) is 7.61. The number of carboxylic acid groups (broad SMARTS) is 2. The first-order valence-corrected chi connectivity index (χ1v) is 10.5. The van der Waals surface area contributed by atoms with Crippen LogP contribution in [0.5, 0.6) is 0 Å². The molecule has 0 aliphatic carbocycles. The molecule has 0 unspecified atom stereocenters. The number of rotatable bonds is 6. The number of hydrogen-bond donors (Lipinski definition) is 2. The van der Waals surface area contributed by atoms with Crippen LogP contribution in [0.3, 0.4) is 0 Å². The summed E-state index contributed by atoms with van der Waals surface area (Å²) in [7, 11) is 0. The van der Waals surface area contributed by atoms with Gasteiger partial charge in [0.25, 0.3) is 0 Å². The lowest BCUT2D eigenvalue weighted by Gasteiger charge is -2.08. The molecular formula is C28H18O7. The standard InChI is InChI=1S/C28H18O7/c29-25(30)21-9-1-5-17(13-21)19-7-3-11-23(15-19)27(33)35-28(34)24-12-4-8-20(16-24)18-6-2-10-22(14-18)26(31)32/h1-16H,(H,29,30)(H,31,32). The van der Waals surface area contributed by atoms with E-state index in [9.17, 15) is 29.4 Å². The lowest BCUT2D eigenvalue weighted by atomic mass is 10.0. The smallest absolute Gasteiger partial charge is 0.346 e. The number of carbonyl (C=O) groups is 4. The summed E-state index contributed by atoms with van der Waals surface area (Å²) in [6, 6.07) is 25.2. The molecule has 0 aliphatic rings. The second kappa shape index (κ2) is 9.84. The third kappa shape index (κ3) is 5.31. The van der Waals surface area contributed by atoms with Gasteiger partial charge < -0.3 is 14.9 Å². The van der Waals surface area contributed by atoms with Gasteiger partial charge in [-0.25, -0.2) is 19.2 Å². The maximum atomic E-state index is 12.7. The highest BCUT2D eigenvalue weighted by molar-refractivity contribution is 6.03. The van der Waals surface area contributed by atoms with Crippen molar-refractivity contribution in [3.05, 3.63) is 119 Å². The van der Waals surface area contributed by atoms with Crippen LogP contribution < -0.4 is 0 Å². The van der Waals surface area contributed by atoms with Crippen molar-refractivity contribution in [2.75, 3.05) is 0 Å². The molecule has 0 amide bonds. The monoisotopic (exact) mass is 466 g/mol.